The minimum atomic E-state index is -0.360. The molecule has 106 valence electrons. The van der Waals surface area contributed by atoms with Crippen molar-refractivity contribution in [3.05, 3.63) is 29.6 Å². The van der Waals surface area contributed by atoms with E-state index in [0.29, 0.717) is 5.92 Å². The third-order valence-corrected chi connectivity index (χ3v) is 4.31. The van der Waals surface area contributed by atoms with E-state index >= 15 is 0 Å². The summed E-state index contributed by atoms with van der Waals surface area (Å²) in [7, 11) is 0. The van der Waals surface area contributed by atoms with E-state index in [1.165, 1.54) is 31.4 Å². The first kappa shape index (κ1) is 14.3. The van der Waals surface area contributed by atoms with Crippen LogP contribution < -0.4 is 5.32 Å². The molecule has 19 heavy (non-hydrogen) atoms. The van der Waals surface area contributed by atoms with E-state index in [2.05, 4.69) is 5.32 Å². The lowest BCUT2D eigenvalue weighted by molar-refractivity contribution is 0.144. The van der Waals surface area contributed by atoms with Crippen LogP contribution in [0.25, 0.3) is 0 Å². The molecule has 1 fully saturated rings. The summed E-state index contributed by atoms with van der Waals surface area (Å²) in [6.07, 6.45) is 6.02. The van der Waals surface area contributed by atoms with Crippen molar-refractivity contribution in [2.45, 2.75) is 51.5 Å². The third kappa shape index (κ3) is 3.47. The number of halogens is 1. The highest BCUT2D eigenvalue weighted by Crippen LogP contribution is 2.35. The van der Waals surface area contributed by atoms with Crippen molar-refractivity contribution in [3.8, 4) is 0 Å². The molecule has 0 aliphatic heterocycles. The Balaban J connectivity index is 2.16. The van der Waals surface area contributed by atoms with E-state index in [1.54, 1.807) is 0 Å². The normalized spacial score (nSPS) is 20.0. The Labute approximate surface area is 115 Å². The van der Waals surface area contributed by atoms with Crippen LogP contribution in [0.5, 0.6) is 0 Å². The number of hydrogen-bond acceptors (Lipinski definition) is 2. The predicted molar refractivity (Wildman–Crippen MR) is 76.8 cm³/mol. The van der Waals surface area contributed by atoms with Crippen LogP contribution in [-0.4, -0.2) is 17.3 Å². The van der Waals surface area contributed by atoms with Crippen LogP contribution in [0.2, 0.25) is 0 Å². The molecular weight excluding hydrogens is 241 g/mol. The van der Waals surface area contributed by atoms with Crippen LogP contribution in [0.15, 0.2) is 18.2 Å². The summed E-state index contributed by atoms with van der Waals surface area (Å²) in [6, 6.07) is 4.95. The molecule has 1 aliphatic carbocycles. The average Bonchev–Trinajstić information content (AvgIpc) is 2.38. The fourth-order valence-corrected chi connectivity index (χ4v) is 3.15. The van der Waals surface area contributed by atoms with Gasteiger partial charge >= 0.3 is 0 Å². The second-order valence-electron chi connectivity index (χ2n) is 6.05. The first-order valence-electron chi connectivity index (χ1n) is 7.20. The molecule has 1 saturated carbocycles. The van der Waals surface area contributed by atoms with Crippen molar-refractivity contribution in [3.63, 3.8) is 0 Å². The Kier molecular flexibility index (Phi) is 4.46. The maximum atomic E-state index is 13.4. The Morgan fingerprint density at radius 3 is 2.53 bits per heavy atom. The monoisotopic (exact) mass is 265 g/mol. The van der Waals surface area contributed by atoms with Gasteiger partial charge in [-0.25, -0.2) is 4.39 Å². The van der Waals surface area contributed by atoms with Gasteiger partial charge in [-0.3, -0.25) is 0 Å². The molecule has 0 spiro atoms. The summed E-state index contributed by atoms with van der Waals surface area (Å²) in [5.74, 6) is 0.223. The van der Waals surface area contributed by atoms with Gasteiger partial charge in [0.15, 0.2) is 0 Å². The zero-order valence-electron chi connectivity index (χ0n) is 11.9. The molecular formula is C16H24FNO. The molecule has 0 saturated heterocycles. The summed E-state index contributed by atoms with van der Waals surface area (Å²) in [5.41, 5.74) is 1.30. The number of hydrogen-bond donors (Lipinski definition) is 2. The highest BCUT2D eigenvalue weighted by molar-refractivity contribution is 5.48. The topological polar surface area (TPSA) is 32.3 Å². The van der Waals surface area contributed by atoms with Gasteiger partial charge in [-0.2, -0.15) is 0 Å². The zero-order chi connectivity index (χ0) is 13.9. The van der Waals surface area contributed by atoms with Gasteiger partial charge in [-0.1, -0.05) is 19.3 Å². The summed E-state index contributed by atoms with van der Waals surface area (Å²) in [6.45, 7) is 4.00. The van der Waals surface area contributed by atoms with Crippen molar-refractivity contribution in [1.29, 1.82) is 0 Å². The molecule has 1 unspecified atom stereocenters. The smallest absolute Gasteiger partial charge is 0.125 e. The van der Waals surface area contributed by atoms with Gasteiger partial charge in [0.1, 0.15) is 5.82 Å². The number of aliphatic hydroxyl groups is 1. The summed E-state index contributed by atoms with van der Waals surface area (Å²) >= 11 is 0. The van der Waals surface area contributed by atoms with Gasteiger partial charge in [0.2, 0.25) is 0 Å². The second kappa shape index (κ2) is 5.91. The maximum absolute atomic E-state index is 13.4. The Morgan fingerprint density at radius 2 is 1.95 bits per heavy atom. The molecule has 0 aromatic heterocycles. The van der Waals surface area contributed by atoms with E-state index in [0.717, 1.165) is 24.1 Å². The van der Waals surface area contributed by atoms with Crippen molar-refractivity contribution < 1.29 is 9.50 Å². The first-order valence-corrected chi connectivity index (χ1v) is 7.20. The lowest BCUT2D eigenvalue weighted by Gasteiger charge is -2.40. The van der Waals surface area contributed by atoms with E-state index in [4.69, 9.17) is 0 Å². The van der Waals surface area contributed by atoms with Crippen LogP contribution in [0.3, 0.4) is 0 Å². The minimum absolute atomic E-state index is 0.0766. The Hall–Kier alpha value is -1.09. The number of rotatable bonds is 4. The molecule has 2 nitrogen and oxygen atoms in total. The van der Waals surface area contributed by atoms with Crippen LogP contribution >= 0.6 is 0 Å². The molecule has 0 heterocycles. The van der Waals surface area contributed by atoms with E-state index in [-0.39, 0.29) is 18.0 Å². The van der Waals surface area contributed by atoms with E-state index < -0.39 is 0 Å². The predicted octanol–water partition coefficient (Wildman–Crippen LogP) is 3.88. The van der Waals surface area contributed by atoms with E-state index in [1.807, 2.05) is 19.9 Å². The summed E-state index contributed by atoms with van der Waals surface area (Å²) < 4.78 is 13.4. The number of aryl methyl sites for hydroxylation is 1. The molecule has 1 aromatic rings. The van der Waals surface area contributed by atoms with E-state index in [9.17, 15) is 9.50 Å². The number of anilines is 1. The molecule has 0 amide bonds. The molecule has 0 bridgehead atoms. The maximum Gasteiger partial charge on any atom is 0.125 e. The van der Waals surface area contributed by atoms with Gasteiger partial charge < -0.3 is 10.4 Å². The Morgan fingerprint density at radius 1 is 1.26 bits per heavy atom. The van der Waals surface area contributed by atoms with Crippen molar-refractivity contribution in [2.75, 3.05) is 11.9 Å². The highest BCUT2D eigenvalue weighted by atomic mass is 19.1. The van der Waals surface area contributed by atoms with Crippen LogP contribution in [-0.2, 0) is 0 Å². The van der Waals surface area contributed by atoms with Crippen LogP contribution in [0.4, 0.5) is 10.1 Å². The molecule has 1 aliphatic rings. The second-order valence-corrected chi connectivity index (χ2v) is 6.05. The Bertz CT molecular complexity index is 409. The molecule has 1 atom stereocenters. The molecule has 3 heteroatoms. The van der Waals surface area contributed by atoms with Crippen molar-refractivity contribution in [1.82, 2.24) is 0 Å². The molecule has 0 radical (unpaired) electrons. The number of benzene rings is 1. The molecule has 2 N–H and O–H groups in total. The lowest BCUT2D eigenvalue weighted by Crippen LogP contribution is -2.47. The molecule has 1 aromatic carbocycles. The minimum Gasteiger partial charge on any atom is -0.394 e. The summed E-state index contributed by atoms with van der Waals surface area (Å²) in [4.78, 5) is 0. The van der Waals surface area contributed by atoms with Crippen molar-refractivity contribution >= 4 is 5.69 Å². The average molecular weight is 265 g/mol. The van der Waals surface area contributed by atoms with Gasteiger partial charge in [-0.05, 0) is 56.4 Å². The quantitative estimate of drug-likeness (QED) is 0.866. The summed E-state index contributed by atoms with van der Waals surface area (Å²) in [5, 5.41) is 13.1. The standard InChI is InChI=1S/C16H24FNO/c1-12-8-14(17)10-15(9-12)18-16(2,11-19)13-6-4-3-5-7-13/h8-10,13,18-19H,3-7,11H2,1-2H3. The fourth-order valence-electron chi connectivity index (χ4n) is 3.15. The van der Waals surface area contributed by atoms with Crippen LogP contribution in [0, 0.1) is 18.7 Å². The van der Waals surface area contributed by atoms with Gasteiger partial charge in [0, 0.05) is 5.69 Å². The third-order valence-electron chi connectivity index (χ3n) is 4.31. The largest absolute Gasteiger partial charge is 0.394 e. The SMILES string of the molecule is Cc1cc(F)cc(NC(C)(CO)C2CCCCC2)c1. The van der Waals surface area contributed by atoms with Gasteiger partial charge in [0.25, 0.3) is 0 Å². The zero-order valence-corrected chi connectivity index (χ0v) is 11.9. The van der Waals surface area contributed by atoms with Crippen molar-refractivity contribution in [2.24, 2.45) is 5.92 Å². The van der Waals surface area contributed by atoms with Gasteiger partial charge in [-0.15, -0.1) is 0 Å². The number of nitrogens with one attached hydrogen (secondary N) is 1. The fraction of sp³-hybridized carbons (Fsp3) is 0.625. The lowest BCUT2D eigenvalue weighted by atomic mass is 9.76. The highest BCUT2D eigenvalue weighted by Gasteiger charge is 2.34. The number of aliphatic hydroxyl groups excluding tert-OH is 1. The van der Waals surface area contributed by atoms with Gasteiger partial charge in [0.05, 0.1) is 12.1 Å². The first-order chi connectivity index (χ1) is 9.03. The van der Waals surface area contributed by atoms with Crippen LogP contribution in [0.1, 0.15) is 44.6 Å². The molecule has 2 rings (SSSR count).